The third kappa shape index (κ3) is 3.60. The summed E-state index contributed by atoms with van der Waals surface area (Å²) in [6.45, 7) is 0. The van der Waals surface area contributed by atoms with Crippen molar-refractivity contribution in [3.8, 4) is 33.5 Å². The summed E-state index contributed by atoms with van der Waals surface area (Å²) in [4.78, 5) is 4.74. The molecule has 0 bridgehead atoms. The van der Waals surface area contributed by atoms with Crippen LogP contribution >= 0.6 is 0 Å². The number of pyridine rings is 1. The van der Waals surface area contributed by atoms with Crippen molar-refractivity contribution < 1.29 is 0 Å². The first-order chi connectivity index (χ1) is 19.8. The van der Waals surface area contributed by atoms with Gasteiger partial charge in [0, 0.05) is 17.1 Å². The summed E-state index contributed by atoms with van der Waals surface area (Å²) < 4.78 is 0. The zero-order valence-corrected chi connectivity index (χ0v) is 21.9. The third-order valence-electron chi connectivity index (χ3n) is 8.09. The van der Waals surface area contributed by atoms with Crippen LogP contribution in [0.25, 0.3) is 76.6 Å². The summed E-state index contributed by atoms with van der Waals surface area (Å²) in [5, 5.41) is 10.1. The molecule has 0 saturated heterocycles. The zero-order valence-electron chi connectivity index (χ0n) is 21.9. The van der Waals surface area contributed by atoms with Gasteiger partial charge in [0.2, 0.25) is 0 Å². The molecule has 0 atom stereocenters. The van der Waals surface area contributed by atoms with Gasteiger partial charge in [0.1, 0.15) is 0 Å². The number of fused-ring (bicyclic) bond motifs is 6. The molecule has 0 aliphatic carbocycles. The van der Waals surface area contributed by atoms with E-state index in [0.29, 0.717) is 0 Å². The smallest absolute Gasteiger partial charge is 0.0780 e. The Morgan fingerprint density at radius 3 is 1.50 bits per heavy atom. The van der Waals surface area contributed by atoms with Crippen LogP contribution in [0, 0.1) is 0 Å². The van der Waals surface area contributed by atoms with Gasteiger partial charge in [-0.1, -0.05) is 127 Å². The van der Waals surface area contributed by atoms with Crippen molar-refractivity contribution in [2.75, 3.05) is 0 Å². The molecule has 1 nitrogen and oxygen atoms in total. The van der Waals surface area contributed by atoms with Crippen molar-refractivity contribution in [1.29, 1.82) is 0 Å². The van der Waals surface area contributed by atoms with Gasteiger partial charge in [-0.05, 0) is 78.2 Å². The van der Waals surface area contributed by atoms with Gasteiger partial charge in [-0.15, -0.1) is 0 Å². The molecule has 1 aromatic heterocycles. The molecule has 0 spiro atoms. The summed E-state index contributed by atoms with van der Waals surface area (Å²) in [6, 6.07) is 52.5. The highest BCUT2D eigenvalue weighted by Crippen LogP contribution is 2.42. The molecule has 7 aromatic carbocycles. The van der Waals surface area contributed by atoms with Crippen molar-refractivity contribution in [2.24, 2.45) is 0 Å². The van der Waals surface area contributed by atoms with Crippen molar-refractivity contribution >= 4 is 43.1 Å². The highest BCUT2D eigenvalue weighted by molar-refractivity contribution is 6.25. The van der Waals surface area contributed by atoms with Crippen molar-refractivity contribution in [3.63, 3.8) is 0 Å². The van der Waals surface area contributed by atoms with Gasteiger partial charge in [0.15, 0.2) is 0 Å². The SMILES string of the molecule is c1ccc(-c2cc3cc(-c4ccc(-c5nccc6ccccc56)cc4)c4ccccc4c3c3ccccc23)cc1. The molecule has 1 heterocycles. The lowest BCUT2D eigenvalue weighted by molar-refractivity contribution is 1.36. The van der Waals surface area contributed by atoms with Crippen LogP contribution in [0.5, 0.6) is 0 Å². The molecule has 0 fully saturated rings. The fraction of sp³-hybridized carbons (Fsp3) is 0. The number of nitrogens with zero attached hydrogens (tertiary/aromatic N) is 1. The molecule has 0 unspecified atom stereocenters. The van der Waals surface area contributed by atoms with Crippen molar-refractivity contribution in [2.45, 2.75) is 0 Å². The van der Waals surface area contributed by atoms with Crippen LogP contribution in [-0.4, -0.2) is 4.98 Å². The van der Waals surface area contributed by atoms with Gasteiger partial charge in [-0.3, -0.25) is 4.98 Å². The van der Waals surface area contributed by atoms with E-state index in [2.05, 4.69) is 146 Å². The molecule has 0 radical (unpaired) electrons. The number of aromatic nitrogens is 1. The van der Waals surface area contributed by atoms with Gasteiger partial charge in [0.25, 0.3) is 0 Å². The molecule has 1 heteroatoms. The van der Waals surface area contributed by atoms with E-state index in [0.717, 1.165) is 11.3 Å². The Morgan fingerprint density at radius 1 is 0.350 bits per heavy atom. The highest BCUT2D eigenvalue weighted by atomic mass is 14.7. The Balaban J connectivity index is 1.37. The Labute approximate surface area is 233 Å². The van der Waals surface area contributed by atoms with E-state index >= 15 is 0 Å². The van der Waals surface area contributed by atoms with E-state index in [4.69, 9.17) is 4.98 Å². The quantitative estimate of drug-likeness (QED) is 0.217. The second-order valence-electron chi connectivity index (χ2n) is 10.4. The van der Waals surface area contributed by atoms with Gasteiger partial charge >= 0.3 is 0 Å². The minimum Gasteiger partial charge on any atom is -0.256 e. The van der Waals surface area contributed by atoms with Gasteiger partial charge in [0.05, 0.1) is 5.69 Å². The van der Waals surface area contributed by atoms with E-state index in [1.807, 2.05) is 6.20 Å². The number of benzene rings is 7. The van der Waals surface area contributed by atoms with Crippen LogP contribution in [0.3, 0.4) is 0 Å². The topological polar surface area (TPSA) is 12.9 Å². The molecule has 0 aliphatic heterocycles. The van der Waals surface area contributed by atoms with E-state index in [1.54, 1.807) is 0 Å². The van der Waals surface area contributed by atoms with Crippen molar-refractivity contribution in [3.05, 3.63) is 152 Å². The molecule has 0 aliphatic rings. The number of hydrogen-bond acceptors (Lipinski definition) is 1. The average Bonchev–Trinajstić information content (AvgIpc) is 3.04. The van der Waals surface area contributed by atoms with E-state index in [1.165, 1.54) is 65.3 Å². The minimum absolute atomic E-state index is 1.02. The summed E-state index contributed by atoms with van der Waals surface area (Å²) in [7, 11) is 0. The standard InChI is InChI=1S/C39H25N/c1-2-10-26(11-3-1)36-24-30-25-37(33-15-7-9-17-35(33)38(30)34-16-8-6-14-32(34)36)28-18-20-29(21-19-28)39-31-13-5-4-12-27(31)22-23-40-39/h1-25H. The maximum Gasteiger partial charge on any atom is 0.0780 e. The predicted molar refractivity (Wildman–Crippen MR) is 171 cm³/mol. The van der Waals surface area contributed by atoms with Crippen LogP contribution < -0.4 is 0 Å². The second-order valence-corrected chi connectivity index (χ2v) is 10.4. The maximum absolute atomic E-state index is 4.74. The number of rotatable bonds is 3. The first-order valence-corrected chi connectivity index (χ1v) is 13.7. The minimum atomic E-state index is 1.02. The molecule has 0 amide bonds. The summed E-state index contributed by atoms with van der Waals surface area (Å²) >= 11 is 0. The van der Waals surface area contributed by atoms with Crippen LogP contribution in [-0.2, 0) is 0 Å². The van der Waals surface area contributed by atoms with Gasteiger partial charge in [-0.2, -0.15) is 0 Å². The predicted octanol–water partition coefficient (Wildman–Crippen LogP) is 10.7. The van der Waals surface area contributed by atoms with Crippen LogP contribution in [0.15, 0.2) is 152 Å². The van der Waals surface area contributed by atoms with E-state index < -0.39 is 0 Å². The molecule has 0 saturated carbocycles. The molecular weight excluding hydrogens is 482 g/mol. The Bertz CT molecular complexity index is 2190. The Morgan fingerprint density at radius 2 is 0.850 bits per heavy atom. The fourth-order valence-electron chi connectivity index (χ4n) is 6.23. The normalized spacial score (nSPS) is 11.5. The highest BCUT2D eigenvalue weighted by Gasteiger charge is 2.15. The molecule has 186 valence electrons. The molecule has 40 heavy (non-hydrogen) atoms. The monoisotopic (exact) mass is 507 g/mol. The second kappa shape index (κ2) is 9.18. The third-order valence-corrected chi connectivity index (χ3v) is 8.09. The van der Waals surface area contributed by atoms with Crippen LogP contribution in [0.4, 0.5) is 0 Å². The molecule has 8 aromatic rings. The van der Waals surface area contributed by atoms with Crippen molar-refractivity contribution in [1.82, 2.24) is 4.98 Å². The maximum atomic E-state index is 4.74. The molecule has 0 N–H and O–H groups in total. The van der Waals surface area contributed by atoms with E-state index in [9.17, 15) is 0 Å². The van der Waals surface area contributed by atoms with Gasteiger partial charge in [-0.25, -0.2) is 0 Å². The average molecular weight is 508 g/mol. The van der Waals surface area contributed by atoms with Crippen LogP contribution in [0.1, 0.15) is 0 Å². The van der Waals surface area contributed by atoms with Gasteiger partial charge < -0.3 is 0 Å². The summed E-state index contributed by atoms with van der Waals surface area (Å²) in [5.74, 6) is 0. The summed E-state index contributed by atoms with van der Waals surface area (Å²) in [6.07, 6.45) is 1.90. The summed E-state index contributed by atoms with van der Waals surface area (Å²) in [5.41, 5.74) is 7.10. The first-order valence-electron chi connectivity index (χ1n) is 13.7. The van der Waals surface area contributed by atoms with E-state index in [-0.39, 0.29) is 0 Å². The largest absolute Gasteiger partial charge is 0.256 e. The lowest BCUT2D eigenvalue weighted by atomic mass is 9.87. The lowest BCUT2D eigenvalue weighted by Crippen LogP contribution is -1.89. The Hall–Kier alpha value is -5.27. The van der Waals surface area contributed by atoms with Crippen LogP contribution in [0.2, 0.25) is 0 Å². The lowest BCUT2D eigenvalue weighted by Gasteiger charge is -2.16. The first kappa shape index (κ1) is 22.7. The number of hydrogen-bond donors (Lipinski definition) is 0. The molecular formula is C39H25N. The fourth-order valence-corrected chi connectivity index (χ4v) is 6.23. The molecule has 8 rings (SSSR count). The Kier molecular flexibility index (Phi) is 5.21. The zero-order chi connectivity index (χ0) is 26.5.